The van der Waals surface area contributed by atoms with Crippen molar-refractivity contribution < 1.29 is 30.9 Å². The van der Waals surface area contributed by atoms with Crippen LogP contribution in [0.3, 0.4) is 0 Å². The molecule has 3 heterocycles. The smallest absolute Gasteiger partial charge is 0.340 e. The van der Waals surface area contributed by atoms with Gasteiger partial charge in [-0.2, -0.15) is 22.5 Å². The highest BCUT2D eigenvalue weighted by Gasteiger charge is 2.34. The van der Waals surface area contributed by atoms with E-state index in [1.54, 1.807) is 24.5 Å². The summed E-state index contributed by atoms with van der Waals surface area (Å²) in [6.45, 7) is 0.218. The molecule has 0 spiro atoms. The van der Waals surface area contributed by atoms with Crippen molar-refractivity contribution in [3.63, 3.8) is 0 Å². The summed E-state index contributed by atoms with van der Waals surface area (Å²) in [5.74, 6) is 0.444. The van der Waals surface area contributed by atoms with E-state index in [0.717, 1.165) is 22.5 Å². The Kier molecular flexibility index (Phi) is 6.66. The lowest BCUT2D eigenvalue weighted by atomic mass is 10.2. The Balaban J connectivity index is 1.32. The van der Waals surface area contributed by atoms with E-state index in [9.17, 15) is 26.4 Å². The fourth-order valence-corrected chi connectivity index (χ4v) is 4.97. The highest BCUT2D eigenvalue weighted by Crippen LogP contribution is 2.31. The van der Waals surface area contributed by atoms with Gasteiger partial charge in [0.2, 0.25) is 27.6 Å². The Hall–Kier alpha value is -3.32. The van der Waals surface area contributed by atoms with E-state index in [4.69, 9.17) is 4.52 Å². The zero-order valence-electron chi connectivity index (χ0n) is 17.8. The predicted molar refractivity (Wildman–Crippen MR) is 113 cm³/mol. The van der Waals surface area contributed by atoms with Gasteiger partial charge in [-0.15, -0.1) is 0 Å². The SMILES string of the molecule is O=C(CCc1nc(-c2cccnc2)no1)N1CCN(S(=O)(=O)c2cccc(C(F)(F)F)c2)CC1. The number of benzene rings is 1. The van der Waals surface area contributed by atoms with Crippen LogP contribution in [0.4, 0.5) is 13.2 Å². The van der Waals surface area contributed by atoms with Crippen molar-refractivity contribution in [2.45, 2.75) is 23.9 Å². The molecule has 0 saturated carbocycles. The summed E-state index contributed by atoms with van der Waals surface area (Å²) in [5.41, 5.74) is -0.350. The van der Waals surface area contributed by atoms with Gasteiger partial charge in [-0.25, -0.2) is 8.42 Å². The summed E-state index contributed by atoms with van der Waals surface area (Å²) in [5, 5.41) is 3.87. The molecule has 1 aromatic carbocycles. The van der Waals surface area contributed by atoms with E-state index in [1.165, 1.54) is 4.90 Å². The van der Waals surface area contributed by atoms with Crippen molar-refractivity contribution >= 4 is 15.9 Å². The number of aryl methyl sites for hydroxylation is 1. The van der Waals surface area contributed by atoms with Gasteiger partial charge >= 0.3 is 6.18 Å². The van der Waals surface area contributed by atoms with Gasteiger partial charge in [0.15, 0.2) is 0 Å². The molecule has 180 valence electrons. The lowest BCUT2D eigenvalue weighted by Crippen LogP contribution is -2.50. The minimum absolute atomic E-state index is 0.0178. The fraction of sp³-hybridized carbons (Fsp3) is 0.333. The van der Waals surface area contributed by atoms with E-state index in [-0.39, 0.29) is 50.8 Å². The van der Waals surface area contributed by atoms with Gasteiger partial charge in [0, 0.05) is 57.0 Å². The number of piperazine rings is 1. The molecule has 1 aliphatic rings. The number of nitrogens with zero attached hydrogens (tertiary/aromatic N) is 5. The lowest BCUT2D eigenvalue weighted by Gasteiger charge is -2.34. The van der Waals surface area contributed by atoms with Crippen LogP contribution in [0.5, 0.6) is 0 Å². The van der Waals surface area contributed by atoms with Gasteiger partial charge in [0.25, 0.3) is 0 Å². The van der Waals surface area contributed by atoms with Crippen LogP contribution in [0.25, 0.3) is 11.4 Å². The molecule has 0 aliphatic carbocycles. The number of pyridine rings is 1. The first-order valence-electron chi connectivity index (χ1n) is 10.3. The number of amides is 1. The third-order valence-corrected chi connectivity index (χ3v) is 7.23. The molecule has 1 aliphatic heterocycles. The number of sulfonamides is 1. The van der Waals surface area contributed by atoms with Crippen molar-refractivity contribution in [1.82, 2.24) is 24.3 Å². The number of carbonyl (C=O) groups excluding carboxylic acids is 1. The summed E-state index contributed by atoms with van der Waals surface area (Å²) < 4.78 is 70.7. The average Bonchev–Trinajstić information content (AvgIpc) is 3.32. The lowest BCUT2D eigenvalue weighted by molar-refractivity contribution is -0.137. The molecule has 0 bridgehead atoms. The first-order valence-corrected chi connectivity index (χ1v) is 11.8. The molecule has 1 fully saturated rings. The van der Waals surface area contributed by atoms with E-state index in [2.05, 4.69) is 15.1 Å². The molecule has 9 nitrogen and oxygen atoms in total. The maximum atomic E-state index is 13.0. The van der Waals surface area contributed by atoms with Crippen LogP contribution in [-0.2, 0) is 27.4 Å². The third kappa shape index (κ3) is 5.25. The minimum atomic E-state index is -4.65. The van der Waals surface area contributed by atoms with E-state index in [0.29, 0.717) is 17.5 Å². The van der Waals surface area contributed by atoms with Crippen LogP contribution in [0, 0.1) is 0 Å². The highest BCUT2D eigenvalue weighted by atomic mass is 32.2. The number of halogens is 3. The van der Waals surface area contributed by atoms with Gasteiger partial charge in [-0.1, -0.05) is 11.2 Å². The normalized spacial score (nSPS) is 15.4. The van der Waals surface area contributed by atoms with Crippen molar-refractivity contribution in [3.05, 3.63) is 60.2 Å². The predicted octanol–water partition coefficient (Wildman–Crippen LogP) is 2.62. The largest absolute Gasteiger partial charge is 0.416 e. The maximum Gasteiger partial charge on any atom is 0.416 e. The Bertz CT molecular complexity index is 1260. The number of hydrogen-bond acceptors (Lipinski definition) is 7. The number of carbonyl (C=O) groups is 1. The molecule has 0 unspecified atom stereocenters. The maximum absolute atomic E-state index is 13.0. The summed E-state index contributed by atoms with van der Waals surface area (Å²) in [6, 6.07) is 7.15. The average molecular weight is 495 g/mol. The van der Waals surface area contributed by atoms with Crippen LogP contribution in [0.15, 0.2) is 58.2 Å². The number of hydrogen-bond donors (Lipinski definition) is 0. The standard InChI is InChI=1S/C21H20F3N5O4S/c22-21(23,24)16-4-1-5-17(13-16)34(31,32)29-11-9-28(10-12-29)19(30)7-6-18-26-20(27-33-18)15-3-2-8-25-14-15/h1-5,8,13-14H,6-7,9-12H2. The quantitative estimate of drug-likeness (QED) is 0.517. The molecule has 3 aromatic rings. The van der Waals surface area contributed by atoms with Crippen molar-refractivity contribution in [2.24, 2.45) is 0 Å². The van der Waals surface area contributed by atoms with Gasteiger partial charge in [0.05, 0.1) is 10.5 Å². The minimum Gasteiger partial charge on any atom is -0.340 e. The van der Waals surface area contributed by atoms with Crippen molar-refractivity contribution in [3.8, 4) is 11.4 Å². The monoisotopic (exact) mass is 495 g/mol. The van der Waals surface area contributed by atoms with Crippen LogP contribution >= 0.6 is 0 Å². The zero-order valence-corrected chi connectivity index (χ0v) is 18.6. The number of alkyl halides is 3. The summed E-state index contributed by atoms with van der Waals surface area (Å²) in [6.07, 6.45) is -1.13. The van der Waals surface area contributed by atoms with Gasteiger partial charge in [0.1, 0.15) is 0 Å². The summed E-state index contributed by atoms with van der Waals surface area (Å²) in [7, 11) is -4.12. The number of aromatic nitrogens is 3. The highest BCUT2D eigenvalue weighted by molar-refractivity contribution is 7.89. The van der Waals surface area contributed by atoms with Crippen LogP contribution < -0.4 is 0 Å². The number of rotatable bonds is 6. The summed E-state index contributed by atoms with van der Waals surface area (Å²) >= 11 is 0. The second kappa shape index (κ2) is 9.50. The van der Waals surface area contributed by atoms with Crippen molar-refractivity contribution in [2.75, 3.05) is 26.2 Å². The molecular weight excluding hydrogens is 475 g/mol. The summed E-state index contributed by atoms with van der Waals surface area (Å²) in [4.78, 5) is 21.9. The molecular formula is C21H20F3N5O4S. The van der Waals surface area contributed by atoms with Gasteiger partial charge < -0.3 is 9.42 Å². The third-order valence-electron chi connectivity index (χ3n) is 5.33. The van der Waals surface area contributed by atoms with E-state index < -0.39 is 26.7 Å². The molecule has 1 saturated heterocycles. The van der Waals surface area contributed by atoms with E-state index in [1.807, 2.05) is 0 Å². The molecule has 1 amide bonds. The van der Waals surface area contributed by atoms with Gasteiger partial charge in [-0.3, -0.25) is 9.78 Å². The molecule has 4 rings (SSSR count). The molecule has 0 radical (unpaired) electrons. The first kappa shape index (κ1) is 23.8. The van der Waals surface area contributed by atoms with Crippen molar-refractivity contribution in [1.29, 1.82) is 0 Å². The van der Waals surface area contributed by atoms with Crippen LogP contribution in [0.2, 0.25) is 0 Å². The molecule has 34 heavy (non-hydrogen) atoms. The second-order valence-corrected chi connectivity index (χ2v) is 9.50. The van der Waals surface area contributed by atoms with Crippen LogP contribution in [0.1, 0.15) is 17.9 Å². The van der Waals surface area contributed by atoms with Crippen LogP contribution in [-0.4, -0.2) is 64.8 Å². The topological polar surface area (TPSA) is 109 Å². The molecule has 0 atom stereocenters. The first-order chi connectivity index (χ1) is 16.1. The van der Waals surface area contributed by atoms with Gasteiger partial charge in [-0.05, 0) is 30.3 Å². The second-order valence-electron chi connectivity index (χ2n) is 7.56. The molecule has 0 N–H and O–H groups in total. The molecule has 2 aromatic heterocycles. The Morgan fingerprint density at radius 1 is 1.09 bits per heavy atom. The fourth-order valence-electron chi connectivity index (χ4n) is 3.50. The Morgan fingerprint density at radius 2 is 1.85 bits per heavy atom. The Morgan fingerprint density at radius 3 is 2.53 bits per heavy atom. The zero-order chi connectivity index (χ0) is 24.3. The Labute approximate surface area is 193 Å². The molecule has 13 heteroatoms. The van der Waals surface area contributed by atoms with E-state index >= 15 is 0 Å².